The summed E-state index contributed by atoms with van der Waals surface area (Å²) in [5.74, 6) is -16.3. The third-order valence-corrected chi connectivity index (χ3v) is 28.6. The molecule has 21 aliphatic rings. The van der Waals surface area contributed by atoms with Gasteiger partial charge in [-0.15, -0.1) is 0 Å². The molecule has 9 aliphatic carbocycles. The Balaban J connectivity index is 0.0000000994. The molecule has 1 aromatic rings. The van der Waals surface area contributed by atoms with Crippen LogP contribution >= 0.6 is 0 Å². The van der Waals surface area contributed by atoms with Gasteiger partial charge in [0.25, 0.3) is 0 Å². The normalized spacial score (nSPS) is 41.6. The van der Waals surface area contributed by atoms with Crippen LogP contribution in [0.5, 0.6) is 0 Å². The molecule has 113 heavy (non-hydrogen) atoms. The predicted molar refractivity (Wildman–Crippen MR) is 341 cm³/mol. The number of hydrogen-bond acceptors (Lipinski definition) is 36. The number of esters is 24. The second-order valence-corrected chi connectivity index (χ2v) is 34.2. The van der Waals surface area contributed by atoms with Gasteiger partial charge in [0.05, 0.1) is 144 Å². The maximum absolute atomic E-state index is 12.2. The molecule has 0 N–H and O–H groups in total. The van der Waals surface area contributed by atoms with E-state index < -0.39 is 194 Å². The van der Waals surface area contributed by atoms with Crippen LogP contribution in [0.15, 0.2) is 30.3 Å². The third kappa shape index (κ3) is 11.9. The van der Waals surface area contributed by atoms with Crippen LogP contribution in [0.25, 0.3) is 0 Å². The van der Waals surface area contributed by atoms with Crippen molar-refractivity contribution >= 4 is 143 Å². The van der Waals surface area contributed by atoms with Crippen LogP contribution in [0.2, 0.25) is 0 Å². The van der Waals surface area contributed by atoms with E-state index in [1.807, 2.05) is 30.3 Å². The molecule has 0 aromatic heterocycles. The predicted octanol–water partition coefficient (Wildman–Crippen LogP) is 1.27. The number of carbonyl (C=O) groups is 24. The van der Waals surface area contributed by atoms with Crippen molar-refractivity contribution in [3.63, 3.8) is 0 Å². The van der Waals surface area contributed by atoms with Gasteiger partial charge >= 0.3 is 143 Å². The standard InChI is InChI=1S/C19H18O6.C17H14O6.C12H12O6.C11H10O6.C10H8O6.C8H6O6/c20-16-12-6-2-8(14(12)18(22)24-16)10-4(6)1-5-7-3-9(11(5)10)15-13(7)17(21)25-19(15)23;18-12-8-17(16(21)22-12)6-10(9-4-2-1-3-5-9)13-11(7-17)14(19)23-15(13)20;13-8-4-12(5-9(14)17-8)2-1-6-7(3-12)11(16)18-10(6)15;12-7-4-11(10(15)16-7)2-1-5-6(3-11)9(14)17-8(5)13;11-6-3-10(9(14)15-6)2-4-1-5(10)8(13)16-7(4)12;9-4-1-8(2-5(10)13-4)3-6(11)14-7(8)12/h4-15H,1-3H2;1-5,10-11,13H,6-8H2;6-7H,1-5H2;5-6H,1-4H2;4-5H,1-3H2;1-3H2. The van der Waals surface area contributed by atoms with Gasteiger partial charge in [-0.3, -0.25) is 115 Å². The molecule has 24 atom stereocenters. The van der Waals surface area contributed by atoms with Gasteiger partial charge in [0.15, 0.2) is 0 Å². The molecule has 21 fully saturated rings. The highest BCUT2D eigenvalue weighted by Crippen LogP contribution is 2.76. The van der Waals surface area contributed by atoms with Gasteiger partial charge in [-0.05, 0) is 148 Å². The monoisotopic (exact) mass is 1570 g/mol. The van der Waals surface area contributed by atoms with Crippen LogP contribution in [0.1, 0.15) is 146 Å². The van der Waals surface area contributed by atoms with Gasteiger partial charge in [0, 0.05) is 0 Å². The number of rotatable bonds is 1. The lowest BCUT2D eigenvalue weighted by atomic mass is 9.59. The topological polar surface area (TPSA) is 520 Å². The van der Waals surface area contributed by atoms with Crippen molar-refractivity contribution in [1.82, 2.24) is 0 Å². The minimum Gasteiger partial charge on any atom is -0.393 e. The Morgan fingerprint density at radius 1 is 0.257 bits per heavy atom. The SMILES string of the molecule is O=C1CC2(CC(=O)O1)CC(=O)OC2=O.O=C1CC2(CC3C(=O)OC(=O)C3C(c3ccccc3)C2)C(=O)O1.O=C1CC2(CC3CC2C(=O)OC3=O)C(=O)O1.O=C1CC2(CCC3C(=O)OC(=O)C3C2)C(=O)O1.O=C1CC2(CCC3C(=O)OC(=O)C3C2)CC(=O)O1.O=C1OC(=O)C2C3CC(C4CC5C6CC(C7C(=O)OC(=O)C67)C5C43)C12. The lowest BCUT2D eigenvalue weighted by molar-refractivity contribution is -0.174. The summed E-state index contributed by atoms with van der Waals surface area (Å²) < 4.78 is 55.3. The average Bonchev–Trinajstić information content (AvgIpc) is 1.50. The average molecular weight is 1570 g/mol. The fourth-order valence-electron chi connectivity index (χ4n) is 24.2. The number of hydrogen-bond donors (Lipinski definition) is 0. The largest absolute Gasteiger partial charge is 0.393 e. The van der Waals surface area contributed by atoms with E-state index in [1.165, 1.54) is 0 Å². The quantitative estimate of drug-likeness (QED) is 0.217. The molecular formula is C77H68O36. The highest BCUT2D eigenvalue weighted by Gasteiger charge is 2.77. The molecule has 36 nitrogen and oxygen atoms in total. The second-order valence-electron chi connectivity index (χ2n) is 34.2. The fourth-order valence-corrected chi connectivity index (χ4v) is 24.2. The van der Waals surface area contributed by atoms with Crippen molar-refractivity contribution in [3.8, 4) is 0 Å². The highest BCUT2D eigenvalue weighted by molar-refractivity contribution is 6.07. The van der Waals surface area contributed by atoms with E-state index in [4.69, 9.17) is 18.9 Å². The molecule has 9 saturated carbocycles. The summed E-state index contributed by atoms with van der Waals surface area (Å²) in [6, 6.07) is 9.25. The molecule has 5 spiro atoms. The van der Waals surface area contributed by atoms with Crippen molar-refractivity contribution in [1.29, 1.82) is 0 Å². The molecule has 6 bridgehead atoms. The molecule has 12 aliphatic heterocycles. The van der Waals surface area contributed by atoms with Gasteiger partial charge in [-0.2, -0.15) is 0 Å². The number of benzene rings is 1. The van der Waals surface area contributed by atoms with Crippen LogP contribution < -0.4 is 0 Å². The zero-order chi connectivity index (χ0) is 79.9. The Morgan fingerprint density at radius 3 is 1.13 bits per heavy atom. The first-order valence-corrected chi connectivity index (χ1v) is 37.7. The molecular weight excluding hydrogens is 1500 g/mol. The summed E-state index contributed by atoms with van der Waals surface area (Å²) in [7, 11) is 0. The minimum atomic E-state index is -1.29. The molecule has 24 unspecified atom stereocenters. The Bertz CT molecular complexity index is 4600. The zero-order valence-corrected chi connectivity index (χ0v) is 59.6. The van der Waals surface area contributed by atoms with Crippen LogP contribution in [-0.2, 0) is 172 Å². The van der Waals surface area contributed by atoms with Crippen molar-refractivity contribution in [2.24, 2.45) is 145 Å². The summed E-state index contributed by atoms with van der Waals surface area (Å²) in [5.41, 5.74) is -4.00. The smallest absolute Gasteiger partial charge is 0.321 e. The number of carbonyl (C=O) groups excluding carboxylic acids is 24. The van der Waals surface area contributed by atoms with E-state index in [1.54, 1.807) is 0 Å². The lowest BCUT2D eigenvalue weighted by Gasteiger charge is -2.40. The summed E-state index contributed by atoms with van der Waals surface area (Å²) in [4.78, 5) is 277. The van der Waals surface area contributed by atoms with Crippen molar-refractivity contribution in [2.45, 2.75) is 141 Å². The molecule has 1 aromatic carbocycles. The first kappa shape index (κ1) is 74.6. The van der Waals surface area contributed by atoms with Crippen LogP contribution in [0, 0.1) is 145 Å². The number of cyclic esters (lactones) is 24. The molecule has 592 valence electrons. The lowest BCUT2D eigenvalue weighted by Crippen LogP contribution is -2.42. The zero-order valence-electron chi connectivity index (χ0n) is 59.6. The maximum Gasteiger partial charge on any atom is 0.321 e. The Morgan fingerprint density at radius 2 is 0.628 bits per heavy atom. The minimum absolute atomic E-state index is 0.0104. The summed E-state index contributed by atoms with van der Waals surface area (Å²) in [5, 5.41) is 0. The van der Waals surface area contributed by atoms with Gasteiger partial charge in [-0.1, -0.05) is 30.3 Å². The Labute approximate surface area is 634 Å². The van der Waals surface area contributed by atoms with Crippen molar-refractivity contribution in [2.75, 3.05) is 0 Å². The molecule has 36 heteroatoms. The third-order valence-electron chi connectivity index (χ3n) is 28.6. The Hall–Kier alpha value is -11.1. The first-order chi connectivity index (χ1) is 53.6. The first-order valence-electron chi connectivity index (χ1n) is 37.7. The van der Waals surface area contributed by atoms with E-state index in [2.05, 4.69) is 37.9 Å². The number of ether oxygens (including phenoxy) is 12. The summed E-state index contributed by atoms with van der Waals surface area (Å²) in [6.07, 6.45) is 5.73. The molecule has 12 heterocycles. The van der Waals surface area contributed by atoms with E-state index in [9.17, 15) is 115 Å². The number of fused-ring (bicyclic) bond motifs is 23. The summed E-state index contributed by atoms with van der Waals surface area (Å²) >= 11 is 0. The van der Waals surface area contributed by atoms with Gasteiger partial charge in [-0.25, -0.2) is 0 Å². The van der Waals surface area contributed by atoms with E-state index in [-0.39, 0.29) is 148 Å². The fraction of sp³-hybridized carbons (Fsp3) is 0.610. The van der Waals surface area contributed by atoms with E-state index in [0.29, 0.717) is 68.6 Å². The molecule has 0 radical (unpaired) electrons. The molecule has 22 rings (SSSR count). The second kappa shape index (κ2) is 26.5. The Kier molecular flexibility index (Phi) is 17.5. The summed E-state index contributed by atoms with van der Waals surface area (Å²) in [6.45, 7) is 0. The van der Waals surface area contributed by atoms with Crippen molar-refractivity contribution < 1.29 is 172 Å². The van der Waals surface area contributed by atoms with E-state index >= 15 is 0 Å². The van der Waals surface area contributed by atoms with E-state index in [0.717, 1.165) is 24.8 Å². The molecule has 12 saturated heterocycles. The van der Waals surface area contributed by atoms with Crippen molar-refractivity contribution in [3.05, 3.63) is 35.9 Å². The van der Waals surface area contributed by atoms with Gasteiger partial charge in [0.2, 0.25) is 0 Å². The molecule has 0 amide bonds. The van der Waals surface area contributed by atoms with Crippen LogP contribution in [0.4, 0.5) is 0 Å². The van der Waals surface area contributed by atoms with Gasteiger partial charge < -0.3 is 56.8 Å². The van der Waals surface area contributed by atoms with Gasteiger partial charge in [0.1, 0.15) is 0 Å². The van der Waals surface area contributed by atoms with Crippen LogP contribution in [-0.4, -0.2) is 143 Å². The highest BCUT2D eigenvalue weighted by atomic mass is 16.6. The maximum atomic E-state index is 12.2. The van der Waals surface area contributed by atoms with Crippen LogP contribution in [0.3, 0.4) is 0 Å².